The molecule has 1 aromatic heterocycles. The minimum Gasteiger partial charge on any atom is -0.328 e. The molecule has 3 rings (SSSR count). The molecule has 0 aliphatic carbocycles. The standard InChI is InChI=1S/C17H24FN3/c1-4-21-15-10-13(18)7-8-14(15)20-16(21)17(2,3)12-6-5-9-19-11-12/h7-8,10,12,19H,4-6,9,11H2,1-3H3. The Balaban J connectivity index is 2.09. The van der Waals surface area contributed by atoms with Crippen molar-refractivity contribution in [3.05, 3.63) is 29.8 Å². The Bertz CT molecular complexity index is 639. The number of hydrogen-bond acceptors (Lipinski definition) is 2. The van der Waals surface area contributed by atoms with E-state index in [2.05, 4.69) is 30.7 Å². The Morgan fingerprint density at radius 1 is 1.43 bits per heavy atom. The highest BCUT2D eigenvalue weighted by Crippen LogP contribution is 2.36. The number of piperidine rings is 1. The van der Waals surface area contributed by atoms with Crippen LogP contribution in [0, 0.1) is 11.7 Å². The molecule has 1 aromatic carbocycles. The Morgan fingerprint density at radius 2 is 2.24 bits per heavy atom. The quantitative estimate of drug-likeness (QED) is 0.937. The third kappa shape index (κ3) is 2.46. The number of halogens is 1. The maximum Gasteiger partial charge on any atom is 0.125 e. The van der Waals surface area contributed by atoms with E-state index in [9.17, 15) is 4.39 Å². The van der Waals surface area contributed by atoms with Crippen LogP contribution in [0.5, 0.6) is 0 Å². The van der Waals surface area contributed by atoms with Gasteiger partial charge in [0, 0.05) is 12.0 Å². The van der Waals surface area contributed by atoms with Crippen LogP contribution in [0.3, 0.4) is 0 Å². The average molecular weight is 289 g/mol. The number of imidazole rings is 1. The van der Waals surface area contributed by atoms with Crippen LogP contribution in [0.4, 0.5) is 4.39 Å². The number of fused-ring (bicyclic) bond motifs is 1. The second kappa shape index (κ2) is 5.41. The Hall–Kier alpha value is -1.42. The van der Waals surface area contributed by atoms with Crippen molar-refractivity contribution in [2.75, 3.05) is 13.1 Å². The zero-order valence-electron chi connectivity index (χ0n) is 13.1. The van der Waals surface area contributed by atoms with Gasteiger partial charge in [0.1, 0.15) is 11.6 Å². The molecular formula is C17H24FN3. The molecule has 0 saturated carbocycles. The fourth-order valence-corrected chi connectivity index (χ4v) is 3.56. The number of nitrogens with one attached hydrogen (secondary N) is 1. The molecule has 0 radical (unpaired) electrons. The molecule has 2 aromatic rings. The molecule has 4 heteroatoms. The summed E-state index contributed by atoms with van der Waals surface area (Å²) in [4.78, 5) is 4.84. The summed E-state index contributed by atoms with van der Waals surface area (Å²) in [7, 11) is 0. The number of aryl methyl sites for hydroxylation is 1. The Morgan fingerprint density at radius 3 is 2.90 bits per heavy atom. The van der Waals surface area contributed by atoms with E-state index < -0.39 is 0 Å². The first kappa shape index (κ1) is 14.5. The highest BCUT2D eigenvalue weighted by atomic mass is 19.1. The largest absolute Gasteiger partial charge is 0.328 e. The van der Waals surface area contributed by atoms with Gasteiger partial charge in [-0.3, -0.25) is 0 Å². The molecular weight excluding hydrogens is 265 g/mol. The molecule has 1 N–H and O–H groups in total. The van der Waals surface area contributed by atoms with E-state index in [0.29, 0.717) is 5.92 Å². The predicted octanol–water partition coefficient (Wildman–Crippen LogP) is 3.47. The lowest BCUT2D eigenvalue weighted by Crippen LogP contribution is -2.42. The maximum absolute atomic E-state index is 13.6. The van der Waals surface area contributed by atoms with Crippen molar-refractivity contribution >= 4 is 11.0 Å². The topological polar surface area (TPSA) is 29.9 Å². The predicted molar refractivity (Wildman–Crippen MR) is 84.0 cm³/mol. The average Bonchev–Trinajstić information content (AvgIpc) is 2.86. The van der Waals surface area contributed by atoms with Crippen LogP contribution in [0.1, 0.15) is 39.4 Å². The van der Waals surface area contributed by atoms with Crippen molar-refractivity contribution in [2.45, 2.75) is 45.6 Å². The molecule has 1 saturated heterocycles. The lowest BCUT2D eigenvalue weighted by Gasteiger charge is -2.37. The van der Waals surface area contributed by atoms with Gasteiger partial charge in [0.2, 0.25) is 0 Å². The van der Waals surface area contributed by atoms with Crippen LogP contribution in [-0.2, 0) is 12.0 Å². The first-order valence-electron chi connectivity index (χ1n) is 7.91. The first-order chi connectivity index (χ1) is 10.0. The Labute approximate surface area is 125 Å². The van der Waals surface area contributed by atoms with Crippen LogP contribution in [-0.4, -0.2) is 22.6 Å². The molecule has 3 nitrogen and oxygen atoms in total. The number of hydrogen-bond donors (Lipinski definition) is 1. The van der Waals surface area contributed by atoms with E-state index in [1.54, 1.807) is 12.1 Å². The molecule has 2 heterocycles. The van der Waals surface area contributed by atoms with Crippen molar-refractivity contribution in [1.29, 1.82) is 0 Å². The number of benzene rings is 1. The number of nitrogens with zero attached hydrogens (tertiary/aromatic N) is 2. The summed E-state index contributed by atoms with van der Waals surface area (Å²) in [6.07, 6.45) is 2.44. The third-order valence-corrected chi connectivity index (χ3v) is 4.92. The van der Waals surface area contributed by atoms with E-state index in [0.717, 1.165) is 36.5 Å². The van der Waals surface area contributed by atoms with Crippen LogP contribution in [0.15, 0.2) is 18.2 Å². The molecule has 114 valence electrons. The zero-order valence-corrected chi connectivity index (χ0v) is 13.1. The van der Waals surface area contributed by atoms with E-state index in [4.69, 9.17) is 4.98 Å². The molecule has 0 amide bonds. The van der Waals surface area contributed by atoms with Gasteiger partial charge in [-0.25, -0.2) is 9.37 Å². The van der Waals surface area contributed by atoms with Gasteiger partial charge >= 0.3 is 0 Å². The van der Waals surface area contributed by atoms with Crippen LogP contribution < -0.4 is 5.32 Å². The van der Waals surface area contributed by atoms with Gasteiger partial charge in [-0.1, -0.05) is 13.8 Å². The summed E-state index contributed by atoms with van der Waals surface area (Å²) in [5.41, 5.74) is 1.79. The van der Waals surface area contributed by atoms with E-state index in [1.807, 2.05) is 0 Å². The summed E-state index contributed by atoms with van der Waals surface area (Å²) in [5, 5.41) is 3.49. The maximum atomic E-state index is 13.6. The monoisotopic (exact) mass is 289 g/mol. The van der Waals surface area contributed by atoms with Crippen molar-refractivity contribution < 1.29 is 4.39 Å². The van der Waals surface area contributed by atoms with Gasteiger partial charge < -0.3 is 9.88 Å². The van der Waals surface area contributed by atoms with Crippen molar-refractivity contribution in [2.24, 2.45) is 5.92 Å². The van der Waals surface area contributed by atoms with Crippen LogP contribution in [0.2, 0.25) is 0 Å². The minimum absolute atomic E-state index is 0.0150. The van der Waals surface area contributed by atoms with E-state index in [1.165, 1.54) is 18.9 Å². The summed E-state index contributed by atoms with van der Waals surface area (Å²) in [5.74, 6) is 1.46. The van der Waals surface area contributed by atoms with E-state index in [-0.39, 0.29) is 11.2 Å². The van der Waals surface area contributed by atoms with Gasteiger partial charge in [0.15, 0.2) is 0 Å². The van der Waals surface area contributed by atoms with Crippen LogP contribution >= 0.6 is 0 Å². The molecule has 1 atom stereocenters. The summed E-state index contributed by atoms with van der Waals surface area (Å²) >= 11 is 0. The number of rotatable bonds is 3. The highest BCUT2D eigenvalue weighted by Gasteiger charge is 2.36. The van der Waals surface area contributed by atoms with Gasteiger partial charge in [0.25, 0.3) is 0 Å². The minimum atomic E-state index is -0.194. The van der Waals surface area contributed by atoms with Gasteiger partial charge in [0.05, 0.1) is 11.0 Å². The lowest BCUT2D eigenvalue weighted by atomic mass is 9.74. The zero-order chi connectivity index (χ0) is 15.0. The Kier molecular flexibility index (Phi) is 3.74. The second-order valence-corrected chi connectivity index (χ2v) is 6.58. The normalized spacial score (nSPS) is 20.1. The molecule has 1 aliphatic rings. The number of aromatic nitrogens is 2. The van der Waals surface area contributed by atoms with Crippen LogP contribution in [0.25, 0.3) is 11.0 Å². The lowest BCUT2D eigenvalue weighted by molar-refractivity contribution is 0.237. The van der Waals surface area contributed by atoms with Gasteiger partial charge in [-0.2, -0.15) is 0 Å². The van der Waals surface area contributed by atoms with Crippen molar-refractivity contribution in [3.63, 3.8) is 0 Å². The molecule has 1 fully saturated rings. The molecule has 1 unspecified atom stereocenters. The summed E-state index contributed by atoms with van der Waals surface area (Å²) < 4.78 is 15.7. The molecule has 0 bridgehead atoms. The SMILES string of the molecule is CCn1c(C(C)(C)C2CCCNC2)nc2ccc(F)cc21. The molecule has 0 spiro atoms. The van der Waals surface area contributed by atoms with Crippen molar-refractivity contribution in [1.82, 2.24) is 14.9 Å². The van der Waals surface area contributed by atoms with Gasteiger partial charge in [-0.15, -0.1) is 0 Å². The van der Waals surface area contributed by atoms with Gasteiger partial charge in [-0.05, 0) is 57.0 Å². The summed E-state index contributed by atoms with van der Waals surface area (Å²) in [6, 6.07) is 4.88. The molecule has 1 aliphatic heterocycles. The summed E-state index contributed by atoms with van der Waals surface area (Å²) in [6.45, 7) is 9.61. The second-order valence-electron chi connectivity index (χ2n) is 6.58. The highest BCUT2D eigenvalue weighted by molar-refractivity contribution is 5.76. The smallest absolute Gasteiger partial charge is 0.125 e. The fraction of sp³-hybridized carbons (Fsp3) is 0.588. The third-order valence-electron chi connectivity index (χ3n) is 4.92. The van der Waals surface area contributed by atoms with E-state index >= 15 is 0 Å². The fourth-order valence-electron chi connectivity index (χ4n) is 3.56. The van der Waals surface area contributed by atoms with Crippen molar-refractivity contribution in [3.8, 4) is 0 Å². The first-order valence-corrected chi connectivity index (χ1v) is 7.91. The molecule has 21 heavy (non-hydrogen) atoms.